The third kappa shape index (κ3) is 6.84. The second-order valence-electron chi connectivity index (χ2n) is 7.73. The largest absolute Gasteiger partial charge is 0.379 e. The first kappa shape index (κ1) is 24.3. The van der Waals surface area contributed by atoms with E-state index >= 15 is 0 Å². The summed E-state index contributed by atoms with van der Waals surface area (Å²) < 4.78 is 32.0. The molecule has 1 aromatic carbocycles. The maximum atomic E-state index is 12.7. The molecule has 2 N–H and O–H groups in total. The van der Waals surface area contributed by atoms with Crippen molar-refractivity contribution < 1.29 is 22.7 Å². The Morgan fingerprint density at radius 1 is 0.938 bits per heavy atom. The summed E-state index contributed by atoms with van der Waals surface area (Å²) in [4.78, 5) is 28.5. The van der Waals surface area contributed by atoms with E-state index in [4.69, 9.17) is 4.74 Å². The average molecular weight is 466 g/mol. The van der Waals surface area contributed by atoms with Crippen LogP contribution in [0, 0.1) is 0 Å². The Hall–Kier alpha value is -2.31. The Morgan fingerprint density at radius 3 is 2.06 bits per heavy atom. The molecular formula is C21H31N5O5S. The van der Waals surface area contributed by atoms with Crippen molar-refractivity contribution in [2.45, 2.75) is 4.90 Å². The summed E-state index contributed by atoms with van der Waals surface area (Å²) in [6.07, 6.45) is 1.64. The molecule has 10 nitrogen and oxygen atoms in total. The summed E-state index contributed by atoms with van der Waals surface area (Å²) >= 11 is 0. The molecule has 2 aliphatic heterocycles. The lowest BCUT2D eigenvalue weighted by atomic mass is 10.3. The molecule has 1 aromatic rings. The van der Waals surface area contributed by atoms with Crippen molar-refractivity contribution in [2.24, 2.45) is 0 Å². The number of benzene rings is 1. The zero-order chi connectivity index (χ0) is 23.0. The Bertz CT molecular complexity index is 892. The van der Waals surface area contributed by atoms with Crippen LogP contribution in [0.4, 0.5) is 5.69 Å². The molecule has 0 aromatic heterocycles. The van der Waals surface area contributed by atoms with Gasteiger partial charge in [-0.05, 0) is 24.3 Å². The molecule has 11 heteroatoms. The van der Waals surface area contributed by atoms with Crippen LogP contribution in [0.25, 0.3) is 0 Å². The number of piperazine rings is 1. The van der Waals surface area contributed by atoms with Crippen LogP contribution in [0.2, 0.25) is 0 Å². The van der Waals surface area contributed by atoms with Crippen LogP contribution in [0.3, 0.4) is 0 Å². The number of nitrogens with one attached hydrogen (secondary N) is 2. The highest BCUT2D eigenvalue weighted by Gasteiger charge is 2.26. The SMILES string of the molecule is C=CCNC(=O)CN1CCN(CC(=O)Nc2ccc(S(=O)(=O)N3CCOCC3)cc2)CC1. The number of anilines is 1. The number of amides is 2. The van der Waals surface area contributed by atoms with Gasteiger partial charge in [0.2, 0.25) is 21.8 Å². The van der Waals surface area contributed by atoms with E-state index in [-0.39, 0.29) is 23.3 Å². The minimum atomic E-state index is -3.55. The van der Waals surface area contributed by atoms with E-state index in [0.717, 1.165) is 0 Å². The van der Waals surface area contributed by atoms with Gasteiger partial charge in [-0.25, -0.2) is 8.42 Å². The molecular weight excluding hydrogens is 434 g/mol. The highest BCUT2D eigenvalue weighted by Crippen LogP contribution is 2.19. The fraction of sp³-hybridized carbons (Fsp3) is 0.524. The Morgan fingerprint density at radius 2 is 1.50 bits per heavy atom. The van der Waals surface area contributed by atoms with Gasteiger partial charge in [-0.15, -0.1) is 6.58 Å². The van der Waals surface area contributed by atoms with Gasteiger partial charge in [-0.1, -0.05) is 6.08 Å². The van der Waals surface area contributed by atoms with E-state index in [9.17, 15) is 18.0 Å². The van der Waals surface area contributed by atoms with Gasteiger partial charge in [0, 0.05) is 51.5 Å². The van der Waals surface area contributed by atoms with Crippen molar-refractivity contribution >= 4 is 27.5 Å². The van der Waals surface area contributed by atoms with E-state index < -0.39 is 10.0 Å². The van der Waals surface area contributed by atoms with Crippen molar-refractivity contribution in [1.82, 2.24) is 19.4 Å². The van der Waals surface area contributed by atoms with Crippen molar-refractivity contribution in [3.63, 3.8) is 0 Å². The molecule has 2 heterocycles. The molecule has 3 rings (SSSR count). The van der Waals surface area contributed by atoms with Crippen LogP contribution < -0.4 is 10.6 Å². The quantitative estimate of drug-likeness (QED) is 0.476. The number of sulfonamides is 1. The summed E-state index contributed by atoms with van der Waals surface area (Å²) in [6.45, 7) is 8.89. The van der Waals surface area contributed by atoms with Crippen molar-refractivity contribution in [2.75, 3.05) is 77.4 Å². The van der Waals surface area contributed by atoms with Gasteiger partial charge < -0.3 is 15.4 Å². The monoisotopic (exact) mass is 465 g/mol. The highest BCUT2D eigenvalue weighted by molar-refractivity contribution is 7.89. The number of morpholine rings is 1. The molecule has 0 spiro atoms. The fourth-order valence-corrected chi connectivity index (χ4v) is 5.01. The van der Waals surface area contributed by atoms with Crippen LogP contribution in [-0.2, 0) is 24.3 Å². The number of carbonyl (C=O) groups is 2. The van der Waals surface area contributed by atoms with Crippen molar-refractivity contribution in [1.29, 1.82) is 0 Å². The number of hydrogen-bond acceptors (Lipinski definition) is 7. The molecule has 0 atom stereocenters. The third-order valence-corrected chi connectivity index (χ3v) is 7.30. The number of hydrogen-bond donors (Lipinski definition) is 2. The summed E-state index contributed by atoms with van der Waals surface area (Å²) in [5.41, 5.74) is 0.549. The molecule has 32 heavy (non-hydrogen) atoms. The predicted octanol–water partition coefficient (Wildman–Crippen LogP) is -0.434. The van der Waals surface area contributed by atoms with Gasteiger partial charge in [0.25, 0.3) is 0 Å². The van der Waals surface area contributed by atoms with Gasteiger partial charge in [0.05, 0.1) is 31.2 Å². The smallest absolute Gasteiger partial charge is 0.243 e. The molecule has 2 aliphatic rings. The lowest BCUT2D eigenvalue weighted by molar-refractivity contribution is -0.123. The number of carbonyl (C=O) groups excluding carboxylic acids is 2. The molecule has 2 saturated heterocycles. The lowest BCUT2D eigenvalue weighted by Crippen LogP contribution is -2.51. The normalized spacial score (nSPS) is 18.8. The topological polar surface area (TPSA) is 111 Å². The summed E-state index contributed by atoms with van der Waals surface area (Å²) in [5.74, 6) is -0.193. The van der Waals surface area contributed by atoms with Gasteiger partial charge >= 0.3 is 0 Å². The molecule has 0 unspecified atom stereocenters. The van der Waals surface area contributed by atoms with E-state index in [1.807, 2.05) is 4.90 Å². The minimum absolute atomic E-state index is 0.0322. The van der Waals surface area contributed by atoms with Gasteiger partial charge in [0.15, 0.2) is 0 Å². The van der Waals surface area contributed by atoms with Crippen molar-refractivity contribution in [3.8, 4) is 0 Å². The maximum Gasteiger partial charge on any atom is 0.243 e. The third-order valence-electron chi connectivity index (χ3n) is 5.39. The first-order chi connectivity index (χ1) is 15.4. The number of rotatable bonds is 9. The van der Waals surface area contributed by atoms with Crippen LogP contribution >= 0.6 is 0 Å². The number of ether oxygens (including phenoxy) is 1. The summed E-state index contributed by atoms with van der Waals surface area (Å²) in [7, 11) is -3.55. The summed E-state index contributed by atoms with van der Waals surface area (Å²) in [5, 5.41) is 5.58. The van der Waals surface area contributed by atoms with Gasteiger partial charge in [-0.3, -0.25) is 19.4 Å². The van der Waals surface area contributed by atoms with Crippen LogP contribution in [0.1, 0.15) is 0 Å². The molecule has 0 radical (unpaired) electrons. The highest BCUT2D eigenvalue weighted by atomic mass is 32.2. The molecule has 2 fully saturated rings. The molecule has 176 valence electrons. The molecule has 0 aliphatic carbocycles. The van der Waals surface area contributed by atoms with Crippen LogP contribution in [-0.4, -0.2) is 106 Å². The molecule has 2 amide bonds. The van der Waals surface area contributed by atoms with Gasteiger partial charge in [-0.2, -0.15) is 4.31 Å². The van der Waals surface area contributed by atoms with Crippen LogP contribution in [0.15, 0.2) is 41.8 Å². The Labute approximate surface area is 189 Å². The van der Waals surface area contributed by atoms with E-state index in [0.29, 0.717) is 71.3 Å². The maximum absolute atomic E-state index is 12.7. The molecule has 0 bridgehead atoms. The van der Waals surface area contributed by atoms with E-state index in [1.165, 1.54) is 16.4 Å². The zero-order valence-electron chi connectivity index (χ0n) is 18.2. The zero-order valence-corrected chi connectivity index (χ0v) is 19.0. The van der Waals surface area contributed by atoms with E-state index in [2.05, 4.69) is 22.1 Å². The second-order valence-corrected chi connectivity index (χ2v) is 9.67. The second kappa shape index (κ2) is 11.5. The number of nitrogens with zero attached hydrogens (tertiary/aromatic N) is 3. The van der Waals surface area contributed by atoms with Crippen molar-refractivity contribution in [3.05, 3.63) is 36.9 Å². The average Bonchev–Trinajstić information content (AvgIpc) is 2.80. The standard InChI is InChI=1S/C21H31N5O5S/c1-2-7-22-20(27)16-24-8-10-25(11-9-24)17-21(28)23-18-3-5-19(6-4-18)32(29,30)26-12-14-31-15-13-26/h2-6H,1,7-17H2,(H,22,27)(H,23,28). The predicted molar refractivity (Wildman–Crippen MR) is 121 cm³/mol. The Balaban J connectivity index is 1.43. The van der Waals surface area contributed by atoms with E-state index in [1.54, 1.807) is 18.2 Å². The summed E-state index contributed by atoms with van der Waals surface area (Å²) in [6, 6.07) is 6.23. The Kier molecular flexibility index (Phi) is 8.76. The molecule has 0 saturated carbocycles. The first-order valence-corrected chi connectivity index (χ1v) is 12.1. The lowest BCUT2D eigenvalue weighted by Gasteiger charge is -2.33. The van der Waals surface area contributed by atoms with Gasteiger partial charge in [0.1, 0.15) is 0 Å². The minimum Gasteiger partial charge on any atom is -0.379 e. The fourth-order valence-electron chi connectivity index (χ4n) is 3.60. The first-order valence-electron chi connectivity index (χ1n) is 10.7. The van der Waals surface area contributed by atoms with Crippen LogP contribution in [0.5, 0.6) is 0 Å².